The van der Waals surface area contributed by atoms with E-state index in [1.54, 1.807) is 0 Å². The summed E-state index contributed by atoms with van der Waals surface area (Å²) in [6.45, 7) is 8.50. The summed E-state index contributed by atoms with van der Waals surface area (Å²) in [5.74, 6) is 1.56. The highest BCUT2D eigenvalue weighted by atomic mass is 32.2. The Morgan fingerprint density at radius 3 is 2.67 bits per heavy atom. The van der Waals surface area contributed by atoms with E-state index in [4.69, 9.17) is 4.74 Å². The van der Waals surface area contributed by atoms with E-state index in [1.165, 1.54) is 30.2 Å². The van der Waals surface area contributed by atoms with Crippen LogP contribution in [0.2, 0.25) is 0 Å². The molecule has 2 rings (SSSR count). The van der Waals surface area contributed by atoms with Crippen LogP contribution in [0.25, 0.3) is 0 Å². The van der Waals surface area contributed by atoms with E-state index in [1.807, 2.05) is 0 Å². The summed E-state index contributed by atoms with van der Waals surface area (Å²) in [6, 6.07) is 6.24. The quantitative estimate of drug-likeness (QED) is 0.728. The second-order valence-electron chi connectivity index (χ2n) is 6.86. The third-order valence-corrected chi connectivity index (χ3v) is 5.22. The number of hydrogen-bond donors (Lipinski definition) is 1. The molecule has 0 aromatic heterocycles. The molecule has 0 bridgehead atoms. The molecule has 5 nitrogen and oxygen atoms in total. The molecular formula is C18H30N2O3S. The van der Waals surface area contributed by atoms with Gasteiger partial charge in [0.05, 0.1) is 12.9 Å². The molecule has 1 fully saturated rings. The Morgan fingerprint density at radius 2 is 2.00 bits per heavy atom. The van der Waals surface area contributed by atoms with Gasteiger partial charge in [-0.2, -0.15) is 0 Å². The van der Waals surface area contributed by atoms with Crippen LogP contribution in [0.1, 0.15) is 30.4 Å². The summed E-state index contributed by atoms with van der Waals surface area (Å²) >= 11 is 0. The third kappa shape index (κ3) is 6.42. The van der Waals surface area contributed by atoms with Crippen LogP contribution in [0.15, 0.2) is 18.2 Å². The number of aryl methyl sites for hydroxylation is 2. The van der Waals surface area contributed by atoms with Gasteiger partial charge in [0.2, 0.25) is 10.0 Å². The maximum absolute atomic E-state index is 11.1. The van der Waals surface area contributed by atoms with Crippen molar-refractivity contribution in [1.29, 1.82) is 0 Å². The first-order valence-electron chi connectivity index (χ1n) is 8.71. The van der Waals surface area contributed by atoms with E-state index in [9.17, 15) is 8.42 Å². The minimum Gasteiger partial charge on any atom is -0.493 e. The lowest BCUT2D eigenvalue weighted by Gasteiger charge is -2.32. The summed E-state index contributed by atoms with van der Waals surface area (Å²) in [5.41, 5.74) is 2.38. The highest BCUT2D eigenvalue weighted by Crippen LogP contribution is 2.24. The molecule has 1 aromatic carbocycles. The van der Waals surface area contributed by atoms with Gasteiger partial charge in [0.25, 0.3) is 0 Å². The van der Waals surface area contributed by atoms with E-state index >= 15 is 0 Å². The van der Waals surface area contributed by atoms with Crippen LogP contribution in [0.5, 0.6) is 5.75 Å². The maximum atomic E-state index is 11.1. The molecule has 1 unspecified atom stereocenters. The Morgan fingerprint density at radius 1 is 1.29 bits per heavy atom. The van der Waals surface area contributed by atoms with Gasteiger partial charge < -0.3 is 9.64 Å². The molecule has 1 heterocycles. The molecule has 0 spiro atoms. The minimum absolute atomic E-state index is 0.513. The molecule has 136 valence electrons. The first-order valence-corrected chi connectivity index (χ1v) is 10.6. The zero-order valence-corrected chi connectivity index (χ0v) is 15.9. The summed E-state index contributed by atoms with van der Waals surface area (Å²) in [6.07, 6.45) is 4.43. The second-order valence-corrected chi connectivity index (χ2v) is 8.69. The number of benzene rings is 1. The summed E-state index contributed by atoms with van der Waals surface area (Å²) in [4.78, 5) is 2.42. The van der Waals surface area contributed by atoms with Crippen molar-refractivity contribution in [3.8, 4) is 5.75 Å². The fourth-order valence-corrected chi connectivity index (χ4v) is 3.79. The molecule has 0 aliphatic carbocycles. The van der Waals surface area contributed by atoms with E-state index < -0.39 is 10.0 Å². The standard InChI is InChI=1S/C18H30N2O3S/c1-15-7-4-8-16(2)18(15)23-14-17-9-5-11-20(13-17)12-6-10-19-24(3,21)22/h4,7-8,17,19H,5-6,9-14H2,1-3H3. The molecule has 1 aromatic rings. The van der Waals surface area contributed by atoms with Gasteiger partial charge in [-0.3, -0.25) is 0 Å². The number of hydrogen-bond acceptors (Lipinski definition) is 4. The molecule has 0 radical (unpaired) electrons. The van der Waals surface area contributed by atoms with E-state index in [0.29, 0.717) is 12.5 Å². The lowest BCUT2D eigenvalue weighted by Crippen LogP contribution is -2.39. The number of likely N-dealkylation sites (tertiary alicyclic amines) is 1. The van der Waals surface area contributed by atoms with Crippen LogP contribution in [0, 0.1) is 19.8 Å². The topological polar surface area (TPSA) is 58.6 Å². The largest absolute Gasteiger partial charge is 0.493 e. The van der Waals surface area contributed by atoms with Crippen molar-refractivity contribution >= 4 is 10.0 Å². The van der Waals surface area contributed by atoms with Gasteiger partial charge in [-0.15, -0.1) is 0 Å². The molecule has 1 aliphatic heterocycles. The zero-order valence-electron chi connectivity index (χ0n) is 15.0. The van der Waals surface area contributed by atoms with Crippen LogP contribution in [0.4, 0.5) is 0 Å². The SMILES string of the molecule is Cc1cccc(C)c1OCC1CCCN(CCCNS(C)(=O)=O)C1. The summed E-state index contributed by atoms with van der Waals surface area (Å²) < 4.78 is 30.8. The maximum Gasteiger partial charge on any atom is 0.208 e. The summed E-state index contributed by atoms with van der Waals surface area (Å²) in [5, 5.41) is 0. The molecule has 0 amide bonds. The molecule has 6 heteroatoms. The fraction of sp³-hybridized carbons (Fsp3) is 0.667. The Balaban J connectivity index is 1.75. The summed E-state index contributed by atoms with van der Waals surface area (Å²) in [7, 11) is -3.07. The number of ether oxygens (including phenoxy) is 1. The Hall–Kier alpha value is -1.11. The highest BCUT2D eigenvalue weighted by Gasteiger charge is 2.20. The van der Waals surface area contributed by atoms with Crippen LogP contribution in [-0.2, 0) is 10.0 Å². The van der Waals surface area contributed by atoms with Crippen molar-refractivity contribution < 1.29 is 13.2 Å². The predicted molar refractivity (Wildman–Crippen MR) is 98.0 cm³/mol. The number of nitrogens with zero attached hydrogens (tertiary/aromatic N) is 1. The second kappa shape index (κ2) is 8.83. The molecule has 1 aliphatic rings. The van der Waals surface area contributed by atoms with E-state index in [-0.39, 0.29) is 0 Å². The molecular weight excluding hydrogens is 324 g/mol. The highest BCUT2D eigenvalue weighted by molar-refractivity contribution is 7.88. The first-order chi connectivity index (χ1) is 11.3. The Bertz CT molecular complexity index is 611. The van der Waals surface area contributed by atoms with Gasteiger partial charge in [-0.05, 0) is 57.3 Å². The van der Waals surface area contributed by atoms with Gasteiger partial charge in [0, 0.05) is 19.0 Å². The molecule has 24 heavy (non-hydrogen) atoms. The van der Waals surface area contributed by atoms with Gasteiger partial charge in [0.1, 0.15) is 5.75 Å². The zero-order chi connectivity index (χ0) is 17.6. The van der Waals surface area contributed by atoms with Gasteiger partial charge in [-0.1, -0.05) is 18.2 Å². The monoisotopic (exact) mass is 354 g/mol. The van der Waals surface area contributed by atoms with Crippen molar-refractivity contribution in [2.45, 2.75) is 33.1 Å². The molecule has 1 saturated heterocycles. The Labute approximate surface area is 146 Å². The molecule has 1 N–H and O–H groups in total. The van der Waals surface area contributed by atoms with Gasteiger partial charge in [0.15, 0.2) is 0 Å². The predicted octanol–water partition coefficient (Wildman–Crippen LogP) is 2.33. The van der Waals surface area contributed by atoms with Crippen LogP contribution >= 0.6 is 0 Å². The lowest BCUT2D eigenvalue weighted by molar-refractivity contribution is 0.129. The molecule has 1 atom stereocenters. The first kappa shape index (κ1) is 19.2. The van der Waals surface area contributed by atoms with E-state index in [2.05, 4.69) is 41.7 Å². The Kier molecular flexibility index (Phi) is 7.07. The average Bonchev–Trinajstić information content (AvgIpc) is 2.51. The number of nitrogens with one attached hydrogen (secondary N) is 1. The normalized spacial score (nSPS) is 19.4. The smallest absolute Gasteiger partial charge is 0.208 e. The average molecular weight is 355 g/mol. The number of piperidine rings is 1. The number of sulfonamides is 1. The minimum atomic E-state index is -3.07. The van der Waals surface area contributed by atoms with Crippen molar-refractivity contribution in [2.24, 2.45) is 5.92 Å². The number of para-hydroxylation sites is 1. The van der Waals surface area contributed by atoms with Gasteiger partial charge in [-0.25, -0.2) is 13.1 Å². The van der Waals surface area contributed by atoms with E-state index in [0.717, 1.165) is 38.4 Å². The van der Waals surface area contributed by atoms with Crippen molar-refractivity contribution in [3.63, 3.8) is 0 Å². The number of rotatable bonds is 8. The van der Waals surface area contributed by atoms with Crippen molar-refractivity contribution in [2.75, 3.05) is 39.0 Å². The van der Waals surface area contributed by atoms with Crippen LogP contribution < -0.4 is 9.46 Å². The van der Waals surface area contributed by atoms with Crippen molar-refractivity contribution in [3.05, 3.63) is 29.3 Å². The van der Waals surface area contributed by atoms with Crippen molar-refractivity contribution in [1.82, 2.24) is 9.62 Å². The van der Waals surface area contributed by atoms with Gasteiger partial charge >= 0.3 is 0 Å². The lowest BCUT2D eigenvalue weighted by atomic mass is 9.98. The van der Waals surface area contributed by atoms with Crippen LogP contribution in [-0.4, -0.2) is 52.4 Å². The third-order valence-electron chi connectivity index (χ3n) is 4.49. The molecule has 0 saturated carbocycles. The van der Waals surface area contributed by atoms with Crippen LogP contribution in [0.3, 0.4) is 0 Å². The fourth-order valence-electron chi connectivity index (χ4n) is 3.28.